The molecule has 3 rings (SSSR count). The van der Waals surface area contributed by atoms with E-state index in [2.05, 4.69) is 11.6 Å². The Hall–Kier alpha value is -2.62. The number of allylic oxidation sites excluding steroid dienone is 1. The zero-order valence-corrected chi connectivity index (χ0v) is 11.9. The number of carbonyl (C=O) groups is 1. The molecule has 1 heterocycles. The van der Waals surface area contributed by atoms with Crippen LogP contribution in [0.25, 0.3) is 5.57 Å². The van der Waals surface area contributed by atoms with Gasteiger partial charge >= 0.3 is 0 Å². The summed E-state index contributed by atoms with van der Waals surface area (Å²) < 4.78 is 10.6. The molecule has 4 nitrogen and oxygen atoms in total. The van der Waals surface area contributed by atoms with Crippen molar-refractivity contribution in [3.8, 4) is 11.6 Å². The zero-order chi connectivity index (χ0) is 15.0. The summed E-state index contributed by atoms with van der Waals surface area (Å²) in [6.45, 7) is 4.10. The van der Waals surface area contributed by atoms with Gasteiger partial charge in [0.1, 0.15) is 0 Å². The van der Waals surface area contributed by atoms with Gasteiger partial charge in [-0.25, -0.2) is 4.98 Å². The van der Waals surface area contributed by atoms with Crippen molar-refractivity contribution in [3.63, 3.8) is 0 Å². The highest BCUT2D eigenvalue weighted by molar-refractivity contribution is 6.17. The lowest BCUT2D eigenvalue weighted by molar-refractivity contribution is 0.0985. The van der Waals surface area contributed by atoms with Crippen LogP contribution in [0.3, 0.4) is 0 Å². The summed E-state index contributed by atoms with van der Waals surface area (Å²) in [5, 5.41) is 0. The monoisotopic (exact) mass is 281 g/mol. The van der Waals surface area contributed by atoms with Crippen LogP contribution in [0.1, 0.15) is 27.4 Å². The minimum Gasteiger partial charge on any atom is -0.491 e. The molecule has 4 heteroatoms. The first kappa shape index (κ1) is 13.4. The van der Waals surface area contributed by atoms with Crippen molar-refractivity contribution in [2.24, 2.45) is 0 Å². The van der Waals surface area contributed by atoms with Gasteiger partial charge in [0.25, 0.3) is 5.88 Å². The quantitative estimate of drug-likeness (QED) is 0.867. The minimum atomic E-state index is -0.450. The molecule has 1 aromatic carbocycles. The molecule has 0 saturated heterocycles. The molecule has 0 fully saturated rings. The van der Waals surface area contributed by atoms with Crippen LogP contribution in [0.2, 0.25) is 0 Å². The van der Waals surface area contributed by atoms with Crippen LogP contribution in [0.4, 0.5) is 0 Å². The molecule has 0 amide bonds. The van der Waals surface area contributed by atoms with Crippen LogP contribution in [0, 0.1) is 0 Å². The van der Waals surface area contributed by atoms with Gasteiger partial charge in [-0.3, -0.25) is 4.79 Å². The van der Waals surface area contributed by atoms with Crippen LogP contribution >= 0.6 is 0 Å². The first-order valence-corrected chi connectivity index (χ1v) is 6.58. The zero-order valence-electron chi connectivity index (χ0n) is 11.9. The Labute approximate surface area is 123 Å². The Morgan fingerprint density at radius 3 is 2.43 bits per heavy atom. The Bertz CT molecular complexity index is 702. The Morgan fingerprint density at radius 2 is 1.81 bits per heavy atom. The molecule has 21 heavy (non-hydrogen) atoms. The molecule has 0 aliphatic heterocycles. The molecule has 2 aromatic rings. The maximum atomic E-state index is 12.7. The van der Waals surface area contributed by atoms with E-state index in [0.29, 0.717) is 17.2 Å². The lowest BCUT2D eigenvalue weighted by Gasteiger charge is -2.16. The average Bonchev–Trinajstić information content (AvgIpc) is 2.78. The van der Waals surface area contributed by atoms with Crippen molar-refractivity contribution in [2.45, 2.75) is 5.92 Å². The highest BCUT2D eigenvalue weighted by Crippen LogP contribution is 2.46. The maximum Gasteiger partial charge on any atom is 0.257 e. The van der Waals surface area contributed by atoms with Crippen LogP contribution in [0.15, 0.2) is 43.1 Å². The molecular formula is C17H15NO3. The van der Waals surface area contributed by atoms with Crippen LogP contribution < -0.4 is 9.47 Å². The third-order valence-corrected chi connectivity index (χ3v) is 3.76. The first-order chi connectivity index (χ1) is 10.2. The highest BCUT2D eigenvalue weighted by Gasteiger charge is 2.37. The minimum absolute atomic E-state index is 0.0298. The molecule has 0 saturated carbocycles. The number of nitrogens with zero attached hydrogens (tertiary/aromatic N) is 1. The molecule has 0 bridgehead atoms. The van der Waals surface area contributed by atoms with Crippen molar-refractivity contribution < 1.29 is 14.3 Å². The fourth-order valence-electron chi connectivity index (χ4n) is 2.80. The van der Waals surface area contributed by atoms with Gasteiger partial charge in [-0.2, -0.15) is 0 Å². The summed E-state index contributed by atoms with van der Waals surface area (Å²) in [4.78, 5) is 16.8. The van der Waals surface area contributed by atoms with Gasteiger partial charge in [-0.05, 0) is 17.2 Å². The van der Waals surface area contributed by atoms with Crippen molar-refractivity contribution in [3.05, 3.63) is 59.8 Å². The van der Waals surface area contributed by atoms with E-state index in [0.717, 1.165) is 16.7 Å². The highest BCUT2D eigenvalue weighted by atomic mass is 16.5. The number of ether oxygens (including phenoxy) is 2. The number of pyridine rings is 1. The molecule has 1 aromatic heterocycles. The van der Waals surface area contributed by atoms with E-state index in [-0.39, 0.29) is 5.78 Å². The van der Waals surface area contributed by atoms with Crippen LogP contribution in [-0.2, 0) is 0 Å². The summed E-state index contributed by atoms with van der Waals surface area (Å²) in [7, 11) is 3.06. The molecule has 0 N–H and O–H groups in total. The van der Waals surface area contributed by atoms with E-state index < -0.39 is 5.92 Å². The van der Waals surface area contributed by atoms with Crippen molar-refractivity contribution >= 4 is 11.4 Å². The van der Waals surface area contributed by atoms with Crippen LogP contribution in [-0.4, -0.2) is 25.0 Å². The van der Waals surface area contributed by atoms with Gasteiger partial charge < -0.3 is 9.47 Å². The number of methoxy groups -OCH3 is 2. The van der Waals surface area contributed by atoms with Gasteiger partial charge in [0.05, 0.1) is 20.1 Å². The third-order valence-electron chi connectivity index (χ3n) is 3.76. The van der Waals surface area contributed by atoms with Crippen LogP contribution in [0.5, 0.6) is 11.6 Å². The summed E-state index contributed by atoms with van der Waals surface area (Å²) in [6, 6.07) is 9.29. The van der Waals surface area contributed by atoms with Gasteiger partial charge in [0, 0.05) is 17.3 Å². The third kappa shape index (κ3) is 1.91. The van der Waals surface area contributed by atoms with E-state index >= 15 is 0 Å². The van der Waals surface area contributed by atoms with Crippen molar-refractivity contribution in [1.82, 2.24) is 4.98 Å². The van der Waals surface area contributed by atoms with E-state index in [1.54, 1.807) is 19.4 Å². The van der Waals surface area contributed by atoms with Crippen molar-refractivity contribution in [1.29, 1.82) is 0 Å². The Morgan fingerprint density at radius 1 is 1.10 bits per heavy atom. The number of hydrogen-bond acceptors (Lipinski definition) is 4. The normalized spacial score (nSPS) is 16.8. The van der Waals surface area contributed by atoms with E-state index in [1.165, 1.54) is 7.11 Å². The fraction of sp³-hybridized carbons (Fsp3) is 0.176. The number of ketones is 1. The largest absolute Gasteiger partial charge is 0.491 e. The number of aromatic nitrogens is 1. The van der Waals surface area contributed by atoms with Gasteiger partial charge in [-0.1, -0.05) is 30.8 Å². The summed E-state index contributed by atoms with van der Waals surface area (Å²) in [5.41, 5.74) is 3.10. The second-order valence-corrected chi connectivity index (χ2v) is 4.81. The second-order valence-electron chi connectivity index (χ2n) is 4.81. The summed E-state index contributed by atoms with van der Waals surface area (Å²) in [5.74, 6) is 0.426. The Kier molecular flexibility index (Phi) is 3.22. The maximum absolute atomic E-state index is 12.7. The number of Topliss-reactive ketones (excluding diaryl/α,β-unsaturated/α-hetero) is 1. The topological polar surface area (TPSA) is 48.4 Å². The van der Waals surface area contributed by atoms with E-state index in [9.17, 15) is 4.79 Å². The SMILES string of the molecule is C=C1c2ccccc2C(=O)C1c1ccnc(OC)c1OC. The molecule has 1 aliphatic carbocycles. The molecule has 1 unspecified atom stereocenters. The number of fused-ring (bicyclic) bond motifs is 1. The number of hydrogen-bond donors (Lipinski definition) is 0. The molecule has 1 aliphatic rings. The standard InChI is InChI=1S/C17H15NO3/c1-10-11-6-4-5-7-12(11)15(19)14(10)13-8-9-18-17(21-3)16(13)20-2/h4-9,14H,1H2,2-3H3. The van der Waals surface area contributed by atoms with Gasteiger partial charge in [0.15, 0.2) is 11.5 Å². The smallest absolute Gasteiger partial charge is 0.257 e. The molecule has 106 valence electrons. The lowest BCUT2D eigenvalue weighted by Crippen LogP contribution is -2.09. The fourth-order valence-corrected chi connectivity index (χ4v) is 2.80. The van der Waals surface area contributed by atoms with Crippen molar-refractivity contribution in [2.75, 3.05) is 14.2 Å². The second kappa shape index (κ2) is 5.05. The van der Waals surface area contributed by atoms with Gasteiger partial charge in [-0.15, -0.1) is 0 Å². The lowest BCUT2D eigenvalue weighted by atomic mass is 9.92. The molecular weight excluding hydrogens is 266 g/mol. The number of rotatable bonds is 3. The predicted molar refractivity (Wildman–Crippen MR) is 79.9 cm³/mol. The molecule has 1 atom stereocenters. The first-order valence-electron chi connectivity index (χ1n) is 6.58. The Balaban J connectivity index is 2.16. The molecule has 0 radical (unpaired) electrons. The molecule has 0 spiro atoms. The van der Waals surface area contributed by atoms with E-state index in [1.807, 2.05) is 24.3 Å². The summed E-state index contributed by atoms with van der Waals surface area (Å²) >= 11 is 0. The number of benzene rings is 1. The van der Waals surface area contributed by atoms with Gasteiger partial charge in [0.2, 0.25) is 0 Å². The summed E-state index contributed by atoms with van der Waals surface area (Å²) in [6.07, 6.45) is 1.61. The average molecular weight is 281 g/mol. The van der Waals surface area contributed by atoms with E-state index in [4.69, 9.17) is 9.47 Å². The predicted octanol–water partition coefficient (Wildman–Crippen LogP) is 3.09. The number of carbonyl (C=O) groups excluding carboxylic acids is 1.